The zero-order chi connectivity index (χ0) is 16.2. The van der Waals surface area contributed by atoms with Crippen molar-refractivity contribution in [3.63, 3.8) is 0 Å². The number of aromatic nitrogens is 2. The monoisotopic (exact) mass is 315 g/mol. The molecule has 0 radical (unpaired) electrons. The molecule has 124 valence electrons. The van der Waals surface area contributed by atoms with Crippen molar-refractivity contribution in [2.45, 2.75) is 25.9 Å². The number of methoxy groups -OCH3 is 1. The molecule has 1 aliphatic rings. The molecule has 0 N–H and O–H groups in total. The van der Waals surface area contributed by atoms with Crippen molar-refractivity contribution in [2.75, 3.05) is 26.9 Å². The summed E-state index contributed by atoms with van der Waals surface area (Å²) >= 11 is 0. The van der Waals surface area contributed by atoms with Gasteiger partial charge in [0.25, 0.3) is 0 Å². The molecule has 0 saturated carbocycles. The fourth-order valence-electron chi connectivity index (χ4n) is 3.23. The maximum absolute atomic E-state index is 5.68. The second-order valence-electron chi connectivity index (χ2n) is 6.09. The number of hydrogen-bond donors (Lipinski definition) is 0. The Morgan fingerprint density at radius 2 is 2.04 bits per heavy atom. The van der Waals surface area contributed by atoms with E-state index in [2.05, 4.69) is 28.3 Å². The predicted molar refractivity (Wildman–Crippen MR) is 89.6 cm³/mol. The van der Waals surface area contributed by atoms with Crippen LogP contribution < -0.4 is 4.74 Å². The SMILES string of the molecule is CCOC[C@H]1CN(Cc2ccc(OC)cc2)Cc2cn(C)nc21. The highest BCUT2D eigenvalue weighted by atomic mass is 16.5. The summed E-state index contributed by atoms with van der Waals surface area (Å²) in [5, 5.41) is 4.64. The summed E-state index contributed by atoms with van der Waals surface area (Å²) in [6, 6.07) is 8.31. The average Bonchev–Trinajstić information content (AvgIpc) is 2.93. The summed E-state index contributed by atoms with van der Waals surface area (Å²) in [6.07, 6.45) is 2.13. The molecule has 1 aliphatic heterocycles. The highest BCUT2D eigenvalue weighted by Gasteiger charge is 2.28. The molecular weight excluding hydrogens is 290 g/mol. The summed E-state index contributed by atoms with van der Waals surface area (Å²) in [7, 11) is 3.69. The number of ether oxygens (including phenoxy) is 2. The van der Waals surface area contributed by atoms with Crippen molar-refractivity contribution in [1.29, 1.82) is 0 Å². The molecule has 2 aromatic rings. The Bertz CT molecular complexity index is 636. The van der Waals surface area contributed by atoms with E-state index in [0.29, 0.717) is 5.92 Å². The van der Waals surface area contributed by atoms with Crippen molar-refractivity contribution in [2.24, 2.45) is 7.05 Å². The molecule has 0 saturated heterocycles. The Balaban J connectivity index is 1.73. The lowest BCUT2D eigenvalue weighted by molar-refractivity contribution is 0.104. The summed E-state index contributed by atoms with van der Waals surface area (Å²) in [6.45, 7) is 6.38. The first-order valence-corrected chi connectivity index (χ1v) is 8.15. The molecule has 0 spiro atoms. The minimum atomic E-state index is 0.346. The van der Waals surface area contributed by atoms with Crippen molar-refractivity contribution >= 4 is 0 Å². The van der Waals surface area contributed by atoms with E-state index in [9.17, 15) is 0 Å². The highest BCUT2D eigenvalue weighted by molar-refractivity contribution is 5.28. The van der Waals surface area contributed by atoms with Gasteiger partial charge in [0.15, 0.2) is 0 Å². The molecule has 3 rings (SSSR count). The van der Waals surface area contributed by atoms with Gasteiger partial charge >= 0.3 is 0 Å². The normalized spacial score (nSPS) is 18.0. The summed E-state index contributed by atoms with van der Waals surface area (Å²) < 4.78 is 12.8. The van der Waals surface area contributed by atoms with E-state index in [0.717, 1.165) is 38.6 Å². The number of fused-ring (bicyclic) bond motifs is 1. The summed E-state index contributed by atoms with van der Waals surface area (Å²) in [4.78, 5) is 2.47. The third-order valence-electron chi connectivity index (χ3n) is 4.28. The second kappa shape index (κ2) is 7.15. The van der Waals surface area contributed by atoms with Crippen LogP contribution in [0.25, 0.3) is 0 Å². The lowest BCUT2D eigenvalue weighted by atomic mass is 9.97. The van der Waals surface area contributed by atoms with Crippen LogP contribution in [0, 0.1) is 0 Å². The fraction of sp³-hybridized carbons (Fsp3) is 0.500. The van der Waals surface area contributed by atoms with Crippen LogP contribution in [0.5, 0.6) is 5.75 Å². The smallest absolute Gasteiger partial charge is 0.118 e. The first kappa shape index (κ1) is 16.0. The van der Waals surface area contributed by atoms with Crippen molar-refractivity contribution in [3.8, 4) is 5.75 Å². The molecule has 0 aliphatic carbocycles. The van der Waals surface area contributed by atoms with Gasteiger partial charge in [0.1, 0.15) is 5.75 Å². The van der Waals surface area contributed by atoms with Gasteiger partial charge in [-0.25, -0.2) is 0 Å². The largest absolute Gasteiger partial charge is 0.497 e. The van der Waals surface area contributed by atoms with Crippen LogP contribution in [0.4, 0.5) is 0 Å². The Morgan fingerprint density at radius 1 is 1.26 bits per heavy atom. The van der Waals surface area contributed by atoms with Gasteiger partial charge in [-0.05, 0) is 24.6 Å². The quantitative estimate of drug-likeness (QED) is 0.821. The molecule has 23 heavy (non-hydrogen) atoms. The van der Waals surface area contributed by atoms with Crippen LogP contribution in [0.3, 0.4) is 0 Å². The number of aryl methyl sites for hydroxylation is 1. The number of benzene rings is 1. The van der Waals surface area contributed by atoms with Gasteiger partial charge in [0, 0.05) is 51.0 Å². The number of nitrogens with zero attached hydrogens (tertiary/aromatic N) is 3. The average molecular weight is 315 g/mol. The molecule has 2 heterocycles. The third kappa shape index (κ3) is 3.74. The van der Waals surface area contributed by atoms with Gasteiger partial charge < -0.3 is 9.47 Å². The van der Waals surface area contributed by atoms with E-state index in [-0.39, 0.29) is 0 Å². The van der Waals surface area contributed by atoms with Crippen LogP contribution in [-0.2, 0) is 24.9 Å². The van der Waals surface area contributed by atoms with Gasteiger partial charge in [0.2, 0.25) is 0 Å². The van der Waals surface area contributed by atoms with Gasteiger partial charge in [-0.1, -0.05) is 12.1 Å². The molecule has 1 atom stereocenters. The first-order valence-electron chi connectivity index (χ1n) is 8.15. The van der Waals surface area contributed by atoms with Gasteiger partial charge in [-0.15, -0.1) is 0 Å². The van der Waals surface area contributed by atoms with Crippen LogP contribution >= 0.6 is 0 Å². The Hall–Kier alpha value is -1.85. The molecule has 5 heteroatoms. The van der Waals surface area contributed by atoms with E-state index in [1.54, 1.807) is 7.11 Å². The molecule has 5 nitrogen and oxygen atoms in total. The lowest BCUT2D eigenvalue weighted by Crippen LogP contribution is -2.34. The summed E-state index contributed by atoms with van der Waals surface area (Å²) in [5.41, 5.74) is 3.82. The minimum absolute atomic E-state index is 0.346. The van der Waals surface area contributed by atoms with Gasteiger partial charge in [-0.3, -0.25) is 9.58 Å². The Morgan fingerprint density at radius 3 is 2.74 bits per heavy atom. The van der Waals surface area contributed by atoms with Crippen LogP contribution in [0.2, 0.25) is 0 Å². The second-order valence-corrected chi connectivity index (χ2v) is 6.09. The number of rotatable bonds is 6. The molecule has 0 bridgehead atoms. The Kier molecular flexibility index (Phi) is 4.98. The first-order chi connectivity index (χ1) is 11.2. The lowest BCUT2D eigenvalue weighted by Gasteiger charge is -2.31. The van der Waals surface area contributed by atoms with E-state index in [1.807, 2.05) is 30.8 Å². The van der Waals surface area contributed by atoms with Crippen LogP contribution in [0.1, 0.15) is 29.7 Å². The zero-order valence-corrected chi connectivity index (χ0v) is 14.2. The standard InChI is InChI=1S/C18H25N3O2/c1-4-23-13-16-12-21(11-15-10-20(2)19-18(15)16)9-14-5-7-17(22-3)8-6-14/h5-8,10,16H,4,9,11-13H2,1-3H3/t16-/m1/s1. The maximum Gasteiger partial charge on any atom is 0.118 e. The van der Waals surface area contributed by atoms with Crippen molar-refractivity contribution in [3.05, 3.63) is 47.3 Å². The molecule has 1 aromatic carbocycles. The van der Waals surface area contributed by atoms with E-state index in [1.165, 1.54) is 16.8 Å². The minimum Gasteiger partial charge on any atom is -0.497 e. The van der Waals surface area contributed by atoms with E-state index >= 15 is 0 Å². The topological polar surface area (TPSA) is 39.5 Å². The third-order valence-corrected chi connectivity index (χ3v) is 4.28. The van der Waals surface area contributed by atoms with Gasteiger partial charge in [0.05, 0.1) is 19.4 Å². The van der Waals surface area contributed by atoms with E-state index < -0.39 is 0 Å². The van der Waals surface area contributed by atoms with Crippen molar-refractivity contribution < 1.29 is 9.47 Å². The summed E-state index contributed by atoms with van der Waals surface area (Å²) in [5.74, 6) is 1.24. The van der Waals surface area contributed by atoms with E-state index in [4.69, 9.17) is 9.47 Å². The van der Waals surface area contributed by atoms with Crippen molar-refractivity contribution in [1.82, 2.24) is 14.7 Å². The predicted octanol–water partition coefficient (Wildman–Crippen LogP) is 2.56. The molecule has 0 fully saturated rings. The van der Waals surface area contributed by atoms with Crippen LogP contribution in [0.15, 0.2) is 30.5 Å². The highest BCUT2D eigenvalue weighted by Crippen LogP contribution is 2.28. The zero-order valence-electron chi connectivity index (χ0n) is 14.2. The maximum atomic E-state index is 5.68. The van der Waals surface area contributed by atoms with Crippen LogP contribution in [-0.4, -0.2) is 41.5 Å². The molecule has 1 aromatic heterocycles. The number of hydrogen-bond acceptors (Lipinski definition) is 4. The molecular formula is C18H25N3O2. The fourth-order valence-corrected chi connectivity index (χ4v) is 3.23. The molecule has 0 unspecified atom stereocenters. The molecule has 0 amide bonds. The van der Waals surface area contributed by atoms with Gasteiger partial charge in [-0.2, -0.15) is 5.10 Å². The Labute approximate surface area is 137 Å².